The molecular weight excluding hydrogens is 415 g/mol. The first-order valence-electron chi connectivity index (χ1n) is 8.69. The Kier molecular flexibility index (Phi) is 6.15. The minimum absolute atomic E-state index is 0.149. The van der Waals surface area contributed by atoms with E-state index in [-0.39, 0.29) is 17.9 Å². The van der Waals surface area contributed by atoms with Crippen molar-refractivity contribution >= 4 is 63.4 Å². The molecule has 6 nitrogen and oxygen atoms in total. The number of ether oxygens (including phenoxy) is 2. The lowest BCUT2D eigenvalue weighted by Crippen LogP contribution is -2.08. The minimum Gasteiger partial charge on any atom is -0.465 e. The lowest BCUT2D eigenvalue weighted by Gasteiger charge is -2.08. The van der Waals surface area contributed by atoms with E-state index in [4.69, 9.17) is 38.4 Å². The molecule has 0 radical (unpaired) electrons. The van der Waals surface area contributed by atoms with Gasteiger partial charge in [-0.1, -0.05) is 35.3 Å². The topological polar surface area (TPSA) is 94.4 Å². The van der Waals surface area contributed by atoms with Crippen molar-refractivity contribution in [2.24, 2.45) is 0 Å². The molecule has 3 rings (SSSR count). The molecule has 3 aromatic rings. The summed E-state index contributed by atoms with van der Waals surface area (Å²) in [5.41, 5.74) is 8.16. The third kappa shape index (κ3) is 4.23. The number of rotatable bonds is 5. The van der Waals surface area contributed by atoms with Crippen molar-refractivity contribution < 1.29 is 19.1 Å². The van der Waals surface area contributed by atoms with Crippen molar-refractivity contribution in [2.75, 3.05) is 19.5 Å². The van der Waals surface area contributed by atoms with Gasteiger partial charge in [0, 0.05) is 27.2 Å². The van der Waals surface area contributed by atoms with Gasteiger partial charge in [-0.15, -0.1) is 0 Å². The summed E-state index contributed by atoms with van der Waals surface area (Å²) >= 11 is 12.5. The Morgan fingerprint density at radius 3 is 2.62 bits per heavy atom. The quantitative estimate of drug-likeness (QED) is 0.338. The molecule has 1 aromatic heterocycles. The van der Waals surface area contributed by atoms with E-state index in [1.807, 2.05) is 0 Å². The van der Waals surface area contributed by atoms with Crippen molar-refractivity contribution in [1.82, 2.24) is 4.98 Å². The van der Waals surface area contributed by atoms with Gasteiger partial charge in [-0.05, 0) is 42.8 Å². The van der Waals surface area contributed by atoms with Gasteiger partial charge >= 0.3 is 11.9 Å². The van der Waals surface area contributed by atoms with E-state index in [9.17, 15) is 9.59 Å². The summed E-state index contributed by atoms with van der Waals surface area (Å²) < 4.78 is 10.1. The second kappa shape index (κ2) is 8.59. The fourth-order valence-corrected chi connectivity index (χ4v) is 3.60. The minimum atomic E-state index is -0.593. The van der Waals surface area contributed by atoms with Crippen LogP contribution in [0.15, 0.2) is 36.4 Å². The first kappa shape index (κ1) is 20.8. The number of aromatic nitrogens is 1. The standard InChI is InChI=1S/C21H18Cl2N2O4/c1-3-29-21(27)19-15(18-16(23)8-12(22)9-17(18)25-19)10-14(20(26)28-2)11-5-4-6-13(24)7-11/h4-10,25H,3,24H2,1-2H3/b14-10+. The number of nitrogens with one attached hydrogen (secondary N) is 1. The highest BCUT2D eigenvalue weighted by molar-refractivity contribution is 6.39. The molecule has 0 aliphatic rings. The van der Waals surface area contributed by atoms with E-state index in [1.165, 1.54) is 13.2 Å². The smallest absolute Gasteiger partial charge is 0.355 e. The predicted molar refractivity (Wildman–Crippen MR) is 115 cm³/mol. The average Bonchev–Trinajstić information content (AvgIpc) is 3.04. The van der Waals surface area contributed by atoms with Crippen LogP contribution in [0.2, 0.25) is 10.0 Å². The van der Waals surface area contributed by atoms with E-state index in [0.29, 0.717) is 37.8 Å². The van der Waals surface area contributed by atoms with Crippen LogP contribution in [0.3, 0.4) is 0 Å². The molecule has 1 heterocycles. The van der Waals surface area contributed by atoms with Gasteiger partial charge in [-0.2, -0.15) is 0 Å². The van der Waals surface area contributed by atoms with Crippen molar-refractivity contribution in [1.29, 1.82) is 0 Å². The van der Waals surface area contributed by atoms with Crippen LogP contribution in [0.5, 0.6) is 0 Å². The van der Waals surface area contributed by atoms with Crippen LogP contribution in [0.4, 0.5) is 5.69 Å². The van der Waals surface area contributed by atoms with Gasteiger partial charge < -0.3 is 20.2 Å². The van der Waals surface area contributed by atoms with Crippen LogP contribution in [-0.2, 0) is 14.3 Å². The predicted octanol–water partition coefficient (Wildman–Crippen LogP) is 4.95. The Labute approximate surface area is 177 Å². The normalized spacial score (nSPS) is 11.5. The molecule has 0 fully saturated rings. The third-order valence-corrected chi connectivity index (χ3v) is 4.74. The molecule has 8 heteroatoms. The molecule has 0 saturated heterocycles. The highest BCUT2D eigenvalue weighted by Crippen LogP contribution is 2.35. The lowest BCUT2D eigenvalue weighted by molar-refractivity contribution is -0.133. The van der Waals surface area contributed by atoms with Gasteiger partial charge in [0.05, 0.1) is 24.3 Å². The number of halogens is 2. The summed E-state index contributed by atoms with van der Waals surface area (Å²) in [5.74, 6) is -1.18. The van der Waals surface area contributed by atoms with Gasteiger partial charge in [-0.25, -0.2) is 9.59 Å². The maximum Gasteiger partial charge on any atom is 0.355 e. The Balaban J connectivity index is 2.33. The van der Waals surface area contributed by atoms with Crippen molar-refractivity contribution in [3.05, 3.63) is 63.3 Å². The van der Waals surface area contributed by atoms with Crippen molar-refractivity contribution in [3.63, 3.8) is 0 Å². The highest BCUT2D eigenvalue weighted by atomic mass is 35.5. The van der Waals surface area contributed by atoms with Crippen LogP contribution in [-0.4, -0.2) is 30.6 Å². The molecule has 0 aliphatic carbocycles. The van der Waals surface area contributed by atoms with Crippen LogP contribution >= 0.6 is 23.2 Å². The van der Waals surface area contributed by atoms with Crippen molar-refractivity contribution in [2.45, 2.75) is 6.92 Å². The fraction of sp³-hybridized carbons (Fsp3) is 0.143. The molecule has 0 spiro atoms. The van der Waals surface area contributed by atoms with Gasteiger partial charge in [0.25, 0.3) is 0 Å². The monoisotopic (exact) mass is 432 g/mol. The number of hydrogen-bond acceptors (Lipinski definition) is 5. The Morgan fingerprint density at radius 2 is 1.97 bits per heavy atom. The summed E-state index contributed by atoms with van der Waals surface area (Å²) in [7, 11) is 1.27. The molecule has 0 saturated carbocycles. The second-order valence-corrected chi connectivity index (χ2v) is 6.96. The molecule has 150 valence electrons. The molecule has 29 heavy (non-hydrogen) atoms. The van der Waals surface area contributed by atoms with Gasteiger partial charge in [-0.3, -0.25) is 0 Å². The number of methoxy groups -OCH3 is 1. The summed E-state index contributed by atoms with van der Waals surface area (Å²) in [6.45, 7) is 1.89. The summed E-state index contributed by atoms with van der Waals surface area (Å²) in [6.07, 6.45) is 1.53. The first-order chi connectivity index (χ1) is 13.8. The molecular formula is C21H18Cl2N2O4. The number of carbonyl (C=O) groups is 2. The van der Waals surface area contributed by atoms with Gasteiger partial charge in [0.2, 0.25) is 0 Å². The van der Waals surface area contributed by atoms with Gasteiger partial charge in [0.1, 0.15) is 5.69 Å². The van der Waals surface area contributed by atoms with E-state index in [1.54, 1.807) is 43.3 Å². The van der Waals surface area contributed by atoms with Crippen molar-refractivity contribution in [3.8, 4) is 0 Å². The molecule has 0 bridgehead atoms. The SMILES string of the molecule is CCOC(=O)c1[nH]c2cc(Cl)cc(Cl)c2c1/C=C(/C(=O)OC)c1cccc(N)c1. The number of carbonyl (C=O) groups excluding carboxylic acids is 2. The summed E-state index contributed by atoms with van der Waals surface area (Å²) in [4.78, 5) is 28.1. The van der Waals surface area contributed by atoms with Crippen LogP contribution in [0.1, 0.15) is 28.5 Å². The maximum absolute atomic E-state index is 12.5. The molecule has 0 amide bonds. The number of fused-ring (bicyclic) bond motifs is 1. The van der Waals surface area contributed by atoms with E-state index in [2.05, 4.69) is 4.98 Å². The number of benzene rings is 2. The lowest BCUT2D eigenvalue weighted by atomic mass is 10.0. The van der Waals surface area contributed by atoms with Crippen LogP contribution < -0.4 is 5.73 Å². The largest absolute Gasteiger partial charge is 0.465 e. The molecule has 0 aliphatic heterocycles. The number of anilines is 1. The maximum atomic E-state index is 12.5. The zero-order chi connectivity index (χ0) is 21.1. The number of nitrogens with two attached hydrogens (primary N) is 1. The molecule has 0 atom stereocenters. The Morgan fingerprint density at radius 1 is 1.21 bits per heavy atom. The van der Waals surface area contributed by atoms with Crippen LogP contribution in [0, 0.1) is 0 Å². The average molecular weight is 433 g/mol. The van der Waals surface area contributed by atoms with Crippen LogP contribution in [0.25, 0.3) is 22.6 Å². The molecule has 2 aromatic carbocycles. The first-order valence-corrected chi connectivity index (χ1v) is 9.45. The number of H-pyrrole nitrogens is 1. The zero-order valence-corrected chi connectivity index (χ0v) is 17.2. The molecule has 0 unspecified atom stereocenters. The fourth-order valence-electron chi connectivity index (χ4n) is 3.00. The van der Waals surface area contributed by atoms with E-state index < -0.39 is 11.9 Å². The second-order valence-electron chi connectivity index (χ2n) is 6.12. The Bertz CT molecular complexity index is 1140. The van der Waals surface area contributed by atoms with Gasteiger partial charge in [0.15, 0.2) is 0 Å². The Hall–Kier alpha value is -2.96. The molecule has 3 N–H and O–H groups in total. The summed E-state index contributed by atoms with van der Waals surface area (Å²) in [5, 5.41) is 1.26. The highest BCUT2D eigenvalue weighted by Gasteiger charge is 2.22. The summed E-state index contributed by atoms with van der Waals surface area (Å²) in [6, 6.07) is 9.98. The third-order valence-electron chi connectivity index (χ3n) is 4.22. The number of aromatic amines is 1. The number of esters is 2. The zero-order valence-electron chi connectivity index (χ0n) is 15.7. The number of hydrogen-bond donors (Lipinski definition) is 2. The number of nitrogen functional groups attached to an aromatic ring is 1. The van der Waals surface area contributed by atoms with E-state index >= 15 is 0 Å². The van der Waals surface area contributed by atoms with E-state index in [0.717, 1.165) is 0 Å².